The van der Waals surface area contributed by atoms with E-state index in [1.165, 1.54) is 23.1 Å². The lowest BCUT2D eigenvalue weighted by atomic mass is 9.95. The molecular formula is C19H23ClN2S. The summed E-state index contributed by atoms with van der Waals surface area (Å²) in [4.78, 5) is 2.65. The first-order valence-corrected chi connectivity index (χ1v) is 9.66. The Labute approximate surface area is 147 Å². The lowest BCUT2D eigenvalue weighted by Gasteiger charge is -2.42. The quantitative estimate of drug-likeness (QED) is 0.850. The number of nitrogens with zero attached hydrogens (tertiary/aromatic N) is 1. The second-order valence-electron chi connectivity index (χ2n) is 7.42. The molecule has 0 unspecified atom stereocenters. The van der Waals surface area contributed by atoms with Crippen molar-refractivity contribution in [1.29, 1.82) is 0 Å². The monoisotopic (exact) mass is 346 g/mol. The molecule has 2 nitrogen and oxygen atoms in total. The van der Waals surface area contributed by atoms with Crippen LogP contribution in [0.4, 0.5) is 0 Å². The van der Waals surface area contributed by atoms with Crippen LogP contribution in [0.1, 0.15) is 48.9 Å². The number of rotatable bonds is 2. The minimum atomic E-state index is 0.178. The van der Waals surface area contributed by atoms with Crippen LogP contribution in [0.5, 0.6) is 0 Å². The third-order valence-corrected chi connectivity index (χ3v) is 6.17. The number of hydrogen-bond donors (Lipinski definition) is 1. The van der Waals surface area contributed by atoms with Crippen molar-refractivity contribution in [1.82, 2.24) is 10.2 Å². The summed E-state index contributed by atoms with van der Waals surface area (Å²) in [5.74, 6) is 0.511. The molecule has 0 bridgehead atoms. The predicted molar refractivity (Wildman–Crippen MR) is 98.6 cm³/mol. The fourth-order valence-corrected chi connectivity index (χ4v) is 5.10. The highest BCUT2D eigenvalue weighted by atomic mass is 35.5. The van der Waals surface area contributed by atoms with Crippen LogP contribution in [-0.4, -0.2) is 30.1 Å². The zero-order valence-corrected chi connectivity index (χ0v) is 15.3. The molecular weight excluding hydrogens is 324 g/mol. The fourth-order valence-electron chi connectivity index (χ4n) is 4.21. The molecule has 23 heavy (non-hydrogen) atoms. The highest BCUT2D eigenvalue weighted by Crippen LogP contribution is 2.48. The van der Waals surface area contributed by atoms with Gasteiger partial charge in [0, 0.05) is 42.2 Å². The number of nitrogens with one attached hydrogen (secondary N) is 1. The van der Waals surface area contributed by atoms with Gasteiger partial charge in [-0.05, 0) is 65.9 Å². The molecule has 2 aromatic rings. The number of benzene rings is 1. The van der Waals surface area contributed by atoms with Gasteiger partial charge in [0.1, 0.15) is 0 Å². The van der Waals surface area contributed by atoms with Crippen LogP contribution in [0.25, 0.3) is 0 Å². The highest BCUT2D eigenvalue weighted by molar-refractivity contribution is 7.08. The van der Waals surface area contributed by atoms with E-state index in [1.54, 1.807) is 11.3 Å². The lowest BCUT2D eigenvalue weighted by molar-refractivity contribution is 0.107. The molecule has 0 amide bonds. The maximum atomic E-state index is 6.33. The molecule has 0 saturated carbocycles. The van der Waals surface area contributed by atoms with Crippen LogP contribution < -0.4 is 5.32 Å². The van der Waals surface area contributed by atoms with Crippen molar-refractivity contribution in [3.05, 3.63) is 56.7 Å². The number of piperazine rings is 1. The van der Waals surface area contributed by atoms with Gasteiger partial charge < -0.3 is 5.32 Å². The third-order valence-electron chi connectivity index (χ3n) is 5.23. The van der Waals surface area contributed by atoms with Crippen molar-refractivity contribution >= 4 is 22.9 Å². The molecule has 4 rings (SSSR count). The van der Waals surface area contributed by atoms with Crippen molar-refractivity contribution in [2.75, 3.05) is 19.6 Å². The van der Waals surface area contributed by atoms with E-state index >= 15 is 0 Å². The largest absolute Gasteiger partial charge is 0.309 e. The van der Waals surface area contributed by atoms with Gasteiger partial charge >= 0.3 is 0 Å². The molecule has 1 aliphatic carbocycles. The van der Waals surface area contributed by atoms with E-state index < -0.39 is 0 Å². The van der Waals surface area contributed by atoms with E-state index in [9.17, 15) is 0 Å². The molecule has 2 aliphatic rings. The second-order valence-corrected chi connectivity index (χ2v) is 8.63. The van der Waals surface area contributed by atoms with Gasteiger partial charge in [0.15, 0.2) is 0 Å². The molecule has 1 saturated heterocycles. The minimum Gasteiger partial charge on any atom is -0.309 e. The Balaban J connectivity index is 1.70. The van der Waals surface area contributed by atoms with Crippen molar-refractivity contribution in [2.45, 2.75) is 37.8 Å². The summed E-state index contributed by atoms with van der Waals surface area (Å²) in [6.07, 6.45) is 1.17. The topological polar surface area (TPSA) is 15.3 Å². The SMILES string of the molecule is CC1(C)CN([C@H]2C[C@H](c3ccsc3)c3ccc(Cl)cc32)CCN1. The number of hydrogen-bond acceptors (Lipinski definition) is 3. The Morgan fingerprint density at radius 1 is 1.26 bits per heavy atom. The second kappa shape index (κ2) is 5.89. The molecule has 1 fully saturated rings. The van der Waals surface area contributed by atoms with Crippen LogP contribution in [0.15, 0.2) is 35.0 Å². The van der Waals surface area contributed by atoms with Gasteiger partial charge in [-0.15, -0.1) is 0 Å². The molecule has 0 radical (unpaired) electrons. The van der Waals surface area contributed by atoms with E-state index in [4.69, 9.17) is 11.6 Å². The van der Waals surface area contributed by atoms with E-state index in [2.05, 4.69) is 53.0 Å². The van der Waals surface area contributed by atoms with E-state index in [-0.39, 0.29) is 5.54 Å². The minimum absolute atomic E-state index is 0.178. The van der Waals surface area contributed by atoms with E-state index in [0.717, 1.165) is 24.7 Å². The molecule has 4 heteroatoms. The Morgan fingerprint density at radius 2 is 2.13 bits per heavy atom. The summed E-state index contributed by atoms with van der Waals surface area (Å²) >= 11 is 8.12. The van der Waals surface area contributed by atoms with Crippen molar-refractivity contribution in [2.24, 2.45) is 0 Å². The van der Waals surface area contributed by atoms with Gasteiger partial charge in [0.05, 0.1) is 0 Å². The Bertz CT molecular complexity index is 695. The summed E-state index contributed by atoms with van der Waals surface area (Å²) < 4.78 is 0. The smallest absolute Gasteiger partial charge is 0.0409 e. The summed E-state index contributed by atoms with van der Waals surface area (Å²) in [6, 6.07) is 9.24. The average Bonchev–Trinajstić information content (AvgIpc) is 3.12. The number of fused-ring (bicyclic) bond motifs is 1. The Hall–Kier alpha value is -0.870. The average molecular weight is 347 g/mol. The summed E-state index contributed by atoms with van der Waals surface area (Å²) in [7, 11) is 0. The van der Waals surface area contributed by atoms with Crippen LogP contribution in [0, 0.1) is 0 Å². The van der Waals surface area contributed by atoms with Gasteiger partial charge in [0.2, 0.25) is 0 Å². The van der Waals surface area contributed by atoms with Crippen molar-refractivity contribution < 1.29 is 0 Å². The molecule has 2 heterocycles. The maximum absolute atomic E-state index is 6.33. The Kier molecular flexibility index (Phi) is 4.01. The molecule has 0 spiro atoms. The highest BCUT2D eigenvalue weighted by Gasteiger charge is 2.38. The van der Waals surface area contributed by atoms with Gasteiger partial charge in [-0.3, -0.25) is 4.90 Å². The first-order chi connectivity index (χ1) is 11.0. The van der Waals surface area contributed by atoms with Crippen LogP contribution in [0.3, 0.4) is 0 Å². The van der Waals surface area contributed by atoms with Gasteiger partial charge in [-0.1, -0.05) is 17.7 Å². The molecule has 122 valence electrons. The summed E-state index contributed by atoms with van der Waals surface area (Å²) in [5.41, 5.74) is 4.54. The number of halogens is 1. The maximum Gasteiger partial charge on any atom is 0.0409 e. The molecule has 1 aromatic heterocycles. The molecule has 2 atom stereocenters. The summed E-state index contributed by atoms with van der Waals surface area (Å²) in [5, 5.41) is 8.96. The lowest BCUT2D eigenvalue weighted by Crippen LogP contribution is -2.57. The third kappa shape index (κ3) is 2.96. The normalized spacial score (nSPS) is 27.1. The van der Waals surface area contributed by atoms with Crippen molar-refractivity contribution in [3.8, 4) is 0 Å². The van der Waals surface area contributed by atoms with Crippen molar-refractivity contribution in [3.63, 3.8) is 0 Å². The molecule has 1 N–H and O–H groups in total. The van der Waals surface area contributed by atoms with E-state index in [0.29, 0.717) is 12.0 Å². The van der Waals surface area contributed by atoms with Gasteiger partial charge in [0.25, 0.3) is 0 Å². The first kappa shape index (κ1) is 15.6. The number of thiophene rings is 1. The Morgan fingerprint density at radius 3 is 2.87 bits per heavy atom. The zero-order valence-electron chi connectivity index (χ0n) is 13.7. The standard InChI is InChI=1S/C19H23ClN2S/c1-19(2)12-22(7-6-21-19)18-10-16(13-5-8-23-11-13)15-4-3-14(20)9-17(15)18/h3-5,8-9,11,16,18,21H,6-7,10,12H2,1-2H3/t16-,18+/m1/s1. The van der Waals surface area contributed by atoms with Crippen LogP contribution >= 0.6 is 22.9 Å². The zero-order chi connectivity index (χ0) is 16.0. The first-order valence-electron chi connectivity index (χ1n) is 8.34. The molecule has 1 aromatic carbocycles. The molecule has 1 aliphatic heterocycles. The van der Waals surface area contributed by atoms with E-state index in [1.807, 2.05) is 6.07 Å². The fraction of sp³-hybridized carbons (Fsp3) is 0.474. The van der Waals surface area contributed by atoms with Gasteiger partial charge in [-0.25, -0.2) is 0 Å². The predicted octanol–water partition coefficient (Wildman–Crippen LogP) is 4.66. The van der Waals surface area contributed by atoms with Crippen LogP contribution in [-0.2, 0) is 0 Å². The summed E-state index contributed by atoms with van der Waals surface area (Å²) in [6.45, 7) is 7.84. The van der Waals surface area contributed by atoms with Gasteiger partial charge in [-0.2, -0.15) is 11.3 Å². The van der Waals surface area contributed by atoms with Crippen LogP contribution in [0.2, 0.25) is 5.02 Å².